The van der Waals surface area contributed by atoms with Crippen molar-refractivity contribution in [3.05, 3.63) is 0 Å². The van der Waals surface area contributed by atoms with Gasteiger partial charge in [-0.15, -0.1) is 0 Å². The number of carbonyl (C=O) groups is 1. The van der Waals surface area contributed by atoms with E-state index in [2.05, 4.69) is 4.90 Å². The SMILES string of the molecule is O=C(O)CCC1CCN(C2CCCC2O)CC1. The molecule has 2 rings (SSSR count). The minimum Gasteiger partial charge on any atom is -0.481 e. The van der Waals surface area contributed by atoms with Gasteiger partial charge in [0, 0.05) is 12.5 Å². The fourth-order valence-electron chi connectivity index (χ4n) is 3.25. The molecular weight excluding hydrogens is 218 g/mol. The van der Waals surface area contributed by atoms with Gasteiger partial charge in [-0.25, -0.2) is 0 Å². The second kappa shape index (κ2) is 5.83. The lowest BCUT2D eigenvalue weighted by molar-refractivity contribution is -0.137. The highest BCUT2D eigenvalue weighted by Gasteiger charge is 2.32. The third kappa shape index (κ3) is 3.42. The average molecular weight is 241 g/mol. The monoisotopic (exact) mass is 241 g/mol. The summed E-state index contributed by atoms with van der Waals surface area (Å²) in [5, 5.41) is 18.5. The third-order valence-electron chi connectivity index (χ3n) is 4.33. The van der Waals surface area contributed by atoms with Crippen LogP contribution in [0, 0.1) is 5.92 Å². The van der Waals surface area contributed by atoms with E-state index in [0.29, 0.717) is 18.4 Å². The van der Waals surface area contributed by atoms with Gasteiger partial charge >= 0.3 is 5.97 Å². The molecule has 17 heavy (non-hydrogen) atoms. The van der Waals surface area contributed by atoms with E-state index >= 15 is 0 Å². The highest BCUT2D eigenvalue weighted by atomic mass is 16.4. The molecule has 1 saturated carbocycles. The van der Waals surface area contributed by atoms with E-state index in [9.17, 15) is 9.90 Å². The van der Waals surface area contributed by atoms with Crippen molar-refractivity contribution in [2.24, 2.45) is 5.92 Å². The van der Waals surface area contributed by atoms with Gasteiger partial charge in [-0.2, -0.15) is 0 Å². The topological polar surface area (TPSA) is 60.8 Å². The molecule has 0 radical (unpaired) electrons. The molecule has 2 unspecified atom stereocenters. The summed E-state index contributed by atoms with van der Waals surface area (Å²) in [7, 11) is 0. The van der Waals surface area contributed by atoms with Crippen LogP contribution in [-0.2, 0) is 4.79 Å². The van der Waals surface area contributed by atoms with Crippen molar-refractivity contribution in [3.63, 3.8) is 0 Å². The molecule has 4 nitrogen and oxygen atoms in total. The number of rotatable bonds is 4. The van der Waals surface area contributed by atoms with Crippen molar-refractivity contribution in [2.45, 2.75) is 57.1 Å². The standard InChI is InChI=1S/C13H23NO3/c15-12-3-1-2-11(12)14-8-6-10(7-9-14)4-5-13(16)17/h10-12,15H,1-9H2,(H,16,17). The first-order chi connectivity index (χ1) is 8.16. The van der Waals surface area contributed by atoms with Crippen molar-refractivity contribution < 1.29 is 15.0 Å². The molecule has 2 atom stereocenters. The number of aliphatic hydroxyl groups excluding tert-OH is 1. The zero-order valence-corrected chi connectivity index (χ0v) is 10.3. The van der Waals surface area contributed by atoms with E-state index in [-0.39, 0.29) is 6.10 Å². The number of likely N-dealkylation sites (tertiary alicyclic amines) is 1. The van der Waals surface area contributed by atoms with Crippen molar-refractivity contribution in [2.75, 3.05) is 13.1 Å². The van der Waals surface area contributed by atoms with E-state index in [1.807, 2.05) is 0 Å². The highest BCUT2D eigenvalue weighted by Crippen LogP contribution is 2.29. The molecule has 2 fully saturated rings. The summed E-state index contributed by atoms with van der Waals surface area (Å²) in [6, 6.07) is 0.371. The van der Waals surface area contributed by atoms with Gasteiger partial charge in [0.15, 0.2) is 0 Å². The first-order valence-corrected chi connectivity index (χ1v) is 6.80. The zero-order valence-electron chi connectivity index (χ0n) is 10.3. The molecule has 1 aliphatic carbocycles. The molecule has 1 heterocycles. The number of carboxylic acids is 1. The molecule has 4 heteroatoms. The lowest BCUT2D eigenvalue weighted by atomic mass is 9.91. The van der Waals surface area contributed by atoms with Gasteiger partial charge < -0.3 is 10.2 Å². The number of hydrogen-bond acceptors (Lipinski definition) is 3. The van der Waals surface area contributed by atoms with E-state index in [1.54, 1.807) is 0 Å². The number of nitrogens with zero attached hydrogens (tertiary/aromatic N) is 1. The van der Waals surface area contributed by atoms with Crippen LogP contribution in [0.2, 0.25) is 0 Å². The Morgan fingerprint density at radius 2 is 1.88 bits per heavy atom. The van der Waals surface area contributed by atoms with Crippen LogP contribution in [0.1, 0.15) is 44.9 Å². The maximum Gasteiger partial charge on any atom is 0.303 e. The fraction of sp³-hybridized carbons (Fsp3) is 0.923. The van der Waals surface area contributed by atoms with Crippen LogP contribution in [0.4, 0.5) is 0 Å². The van der Waals surface area contributed by atoms with Gasteiger partial charge in [0.05, 0.1) is 6.10 Å². The van der Waals surface area contributed by atoms with Crippen LogP contribution in [-0.4, -0.2) is 46.3 Å². The van der Waals surface area contributed by atoms with Crippen molar-refractivity contribution in [1.29, 1.82) is 0 Å². The Morgan fingerprint density at radius 1 is 1.18 bits per heavy atom. The second-order valence-electron chi connectivity index (χ2n) is 5.48. The van der Waals surface area contributed by atoms with Gasteiger partial charge in [-0.05, 0) is 57.5 Å². The van der Waals surface area contributed by atoms with E-state index < -0.39 is 5.97 Å². The molecule has 0 spiro atoms. The predicted octanol–water partition coefficient (Wildman–Crippen LogP) is 1.48. The van der Waals surface area contributed by atoms with Crippen LogP contribution >= 0.6 is 0 Å². The van der Waals surface area contributed by atoms with Crippen molar-refractivity contribution in [3.8, 4) is 0 Å². The molecule has 0 aromatic heterocycles. The Hall–Kier alpha value is -0.610. The predicted molar refractivity (Wildman–Crippen MR) is 64.8 cm³/mol. The Morgan fingerprint density at radius 3 is 2.41 bits per heavy atom. The molecule has 1 saturated heterocycles. The summed E-state index contributed by atoms with van der Waals surface area (Å²) >= 11 is 0. The maximum absolute atomic E-state index is 10.5. The largest absolute Gasteiger partial charge is 0.481 e. The van der Waals surface area contributed by atoms with Gasteiger partial charge in [-0.1, -0.05) is 0 Å². The van der Waals surface area contributed by atoms with Crippen LogP contribution in [0.3, 0.4) is 0 Å². The zero-order chi connectivity index (χ0) is 12.3. The van der Waals surface area contributed by atoms with Gasteiger partial charge in [-0.3, -0.25) is 9.69 Å². The molecular formula is C13H23NO3. The van der Waals surface area contributed by atoms with Crippen molar-refractivity contribution >= 4 is 5.97 Å². The minimum atomic E-state index is -0.682. The first-order valence-electron chi connectivity index (χ1n) is 6.80. The quantitative estimate of drug-likeness (QED) is 0.782. The molecule has 2 aliphatic rings. The van der Waals surface area contributed by atoms with E-state index in [4.69, 9.17) is 5.11 Å². The summed E-state index contributed by atoms with van der Waals surface area (Å²) in [6.07, 6.45) is 6.39. The number of carboxylic acid groups (broad SMARTS) is 1. The molecule has 0 bridgehead atoms. The summed E-state index contributed by atoms with van der Waals surface area (Å²) < 4.78 is 0. The highest BCUT2D eigenvalue weighted by molar-refractivity contribution is 5.66. The van der Waals surface area contributed by atoms with Crippen molar-refractivity contribution in [1.82, 2.24) is 4.90 Å². The minimum absolute atomic E-state index is 0.134. The Balaban J connectivity index is 1.72. The van der Waals surface area contributed by atoms with Crippen LogP contribution in [0.25, 0.3) is 0 Å². The van der Waals surface area contributed by atoms with E-state index in [1.165, 1.54) is 0 Å². The summed E-state index contributed by atoms with van der Waals surface area (Å²) in [6.45, 7) is 2.07. The Bertz CT molecular complexity index is 261. The third-order valence-corrected chi connectivity index (χ3v) is 4.33. The summed E-state index contributed by atoms with van der Waals surface area (Å²) in [5.41, 5.74) is 0. The Labute approximate surface area is 103 Å². The number of aliphatic carboxylic acids is 1. The number of piperidine rings is 1. The fourth-order valence-corrected chi connectivity index (χ4v) is 3.25. The molecule has 0 aromatic carbocycles. The molecule has 98 valence electrons. The summed E-state index contributed by atoms with van der Waals surface area (Å²) in [5.74, 6) is -0.112. The smallest absolute Gasteiger partial charge is 0.303 e. The lowest BCUT2D eigenvalue weighted by Crippen LogP contribution is -2.45. The summed E-state index contributed by atoms with van der Waals surface area (Å²) in [4.78, 5) is 12.9. The maximum atomic E-state index is 10.5. The van der Waals surface area contributed by atoms with E-state index in [0.717, 1.165) is 51.6 Å². The van der Waals surface area contributed by atoms with Gasteiger partial charge in [0.1, 0.15) is 0 Å². The van der Waals surface area contributed by atoms with Gasteiger partial charge in [0.2, 0.25) is 0 Å². The van der Waals surface area contributed by atoms with Crippen LogP contribution < -0.4 is 0 Å². The normalized spacial score (nSPS) is 31.8. The molecule has 1 aliphatic heterocycles. The average Bonchev–Trinajstić information content (AvgIpc) is 2.73. The molecule has 0 aromatic rings. The Kier molecular flexibility index (Phi) is 4.40. The number of aliphatic hydroxyl groups is 1. The lowest BCUT2D eigenvalue weighted by Gasteiger charge is -2.37. The van der Waals surface area contributed by atoms with Crippen LogP contribution in [0.15, 0.2) is 0 Å². The second-order valence-corrected chi connectivity index (χ2v) is 5.48. The van der Waals surface area contributed by atoms with Gasteiger partial charge in [0.25, 0.3) is 0 Å². The first kappa shape index (κ1) is 12.8. The molecule has 0 amide bonds. The number of hydrogen-bond donors (Lipinski definition) is 2. The molecule has 2 N–H and O–H groups in total. The van der Waals surface area contributed by atoms with Crippen LogP contribution in [0.5, 0.6) is 0 Å².